The Morgan fingerprint density at radius 1 is 1.04 bits per heavy atom. The van der Waals surface area contributed by atoms with E-state index in [9.17, 15) is 4.79 Å². The predicted octanol–water partition coefficient (Wildman–Crippen LogP) is 3.39. The van der Waals surface area contributed by atoms with Gasteiger partial charge in [0.2, 0.25) is 6.79 Å². The molecule has 0 saturated heterocycles. The highest BCUT2D eigenvalue weighted by molar-refractivity contribution is 5.89. The Bertz CT molecular complexity index is 892. The van der Waals surface area contributed by atoms with Gasteiger partial charge in [0, 0.05) is 23.4 Å². The third-order valence-corrected chi connectivity index (χ3v) is 3.68. The lowest BCUT2D eigenvalue weighted by atomic mass is 10.2. The second-order valence-electron chi connectivity index (χ2n) is 5.42. The normalized spacial score (nSPS) is 12.0. The van der Waals surface area contributed by atoms with E-state index >= 15 is 0 Å². The molecule has 2 heterocycles. The van der Waals surface area contributed by atoms with Crippen LogP contribution in [0.25, 0.3) is 11.3 Å². The van der Waals surface area contributed by atoms with Gasteiger partial charge in [-0.05, 0) is 12.1 Å². The van der Waals surface area contributed by atoms with Crippen molar-refractivity contribution in [3.05, 3.63) is 60.3 Å². The van der Waals surface area contributed by atoms with Crippen LogP contribution in [0.3, 0.4) is 0 Å². The van der Waals surface area contributed by atoms with Gasteiger partial charge in [-0.3, -0.25) is 0 Å². The van der Waals surface area contributed by atoms with Crippen LogP contribution in [0.2, 0.25) is 0 Å². The van der Waals surface area contributed by atoms with Crippen molar-refractivity contribution in [3.8, 4) is 22.8 Å². The van der Waals surface area contributed by atoms with Crippen LogP contribution in [0.15, 0.2) is 59.1 Å². The number of hydrogen-bond donors (Lipinski definition) is 2. The minimum absolute atomic E-state index is 0.195. The fourth-order valence-corrected chi connectivity index (χ4v) is 2.45. The number of urea groups is 1. The maximum atomic E-state index is 12.0. The fraction of sp³-hybridized carbons (Fsp3) is 0.111. The van der Waals surface area contributed by atoms with Gasteiger partial charge in [0.15, 0.2) is 17.3 Å². The van der Waals surface area contributed by atoms with Crippen molar-refractivity contribution in [1.29, 1.82) is 0 Å². The minimum atomic E-state index is -0.344. The van der Waals surface area contributed by atoms with Gasteiger partial charge in [-0.2, -0.15) is 0 Å². The number of nitrogens with zero attached hydrogens (tertiary/aromatic N) is 1. The highest BCUT2D eigenvalue weighted by Gasteiger charge is 2.14. The van der Waals surface area contributed by atoms with Crippen LogP contribution >= 0.6 is 0 Å². The summed E-state index contributed by atoms with van der Waals surface area (Å²) in [4.78, 5) is 12.0. The second-order valence-corrected chi connectivity index (χ2v) is 5.42. The average Bonchev–Trinajstić information content (AvgIpc) is 3.30. The molecule has 0 spiro atoms. The molecule has 1 aromatic heterocycles. The van der Waals surface area contributed by atoms with E-state index in [1.807, 2.05) is 30.3 Å². The SMILES string of the molecule is O=C(NCc1cc(-c2ccccc2)on1)Nc1ccc2c(c1)OCO2. The van der Waals surface area contributed by atoms with Crippen LogP contribution in [0, 0.1) is 0 Å². The first-order valence-electron chi connectivity index (χ1n) is 7.73. The summed E-state index contributed by atoms with van der Waals surface area (Å²) in [5, 5.41) is 9.44. The van der Waals surface area contributed by atoms with Gasteiger partial charge < -0.3 is 24.6 Å². The van der Waals surface area contributed by atoms with E-state index in [4.69, 9.17) is 14.0 Å². The molecule has 3 aromatic rings. The van der Waals surface area contributed by atoms with E-state index in [1.54, 1.807) is 24.3 Å². The van der Waals surface area contributed by atoms with Crippen LogP contribution < -0.4 is 20.1 Å². The summed E-state index contributed by atoms with van der Waals surface area (Å²) in [6.45, 7) is 0.452. The van der Waals surface area contributed by atoms with Crippen molar-refractivity contribution >= 4 is 11.7 Å². The Hall–Kier alpha value is -3.48. The van der Waals surface area contributed by atoms with Gasteiger partial charge in [0.05, 0.1) is 6.54 Å². The molecule has 25 heavy (non-hydrogen) atoms. The number of carbonyl (C=O) groups is 1. The number of ether oxygens (including phenoxy) is 2. The molecule has 2 N–H and O–H groups in total. The smallest absolute Gasteiger partial charge is 0.319 e. The average molecular weight is 337 g/mol. The molecule has 1 aliphatic rings. The number of benzene rings is 2. The van der Waals surface area contributed by atoms with Gasteiger partial charge in [-0.15, -0.1) is 0 Å². The van der Waals surface area contributed by atoms with Crippen molar-refractivity contribution in [1.82, 2.24) is 10.5 Å². The molecule has 0 atom stereocenters. The Labute approximate surface area is 143 Å². The molecule has 0 unspecified atom stereocenters. The van der Waals surface area contributed by atoms with Crippen molar-refractivity contribution in [2.45, 2.75) is 6.54 Å². The maximum Gasteiger partial charge on any atom is 0.319 e. The molecule has 0 radical (unpaired) electrons. The molecule has 1 aliphatic heterocycles. The van der Waals surface area contributed by atoms with Crippen LogP contribution in [-0.2, 0) is 6.54 Å². The second kappa shape index (κ2) is 6.56. The molecule has 4 rings (SSSR count). The number of aromatic nitrogens is 1. The summed E-state index contributed by atoms with van der Waals surface area (Å²) in [6, 6.07) is 16.3. The Balaban J connectivity index is 1.34. The molecule has 0 saturated carbocycles. The number of fused-ring (bicyclic) bond motifs is 1. The van der Waals surface area contributed by atoms with Crippen molar-refractivity contribution in [3.63, 3.8) is 0 Å². The number of hydrogen-bond acceptors (Lipinski definition) is 5. The summed E-state index contributed by atoms with van der Waals surface area (Å²) in [7, 11) is 0. The van der Waals surface area contributed by atoms with Gasteiger partial charge in [0.25, 0.3) is 0 Å². The molecular formula is C18H15N3O4. The first-order chi connectivity index (χ1) is 12.3. The van der Waals surface area contributed by atoms with Gasteiger partial charge in [-0.1, -0.05) is 35.5 Å². The monoisotopic (exact) mass is 337 g/mol. The lowest BCUT2D eigenvalue weighted by molar-refractivity contribution is 0.174. The molecule has 7 heteroatoms. The van der Waals surface area contributed by atoms with E-state index in [1.165, 1.54) is 0 Å². The van der Waals surface area contributed by atoms with E-state index in [-0.39, 0.29) is 19.4 Å². The van der Waals surface area contributed by atoms with E-state index in [0.29, 0.717) is 28.6 Å². The summed E-state index contributed by atoms with van der Waals surface area (Å²) in [6.07, 6.45) is 0. The van der Waals surface area contributed by atoms with Crippen LogP contribution in [0.5, 0.6) is 11.5 Å². The lowest BCUT2D eigenvalue weighted by Crippen LogP contribution is -2.28. The summed E-state index contributed by atoms with van der Waals surface area (Å²) < 4.78 is 15.8. The van der Waals surface area contributed by atoms with Gasteiger partial charge in [0.1, 0.15) is 5.69 Å². The molecule has 2 aromatic carbocycles. The Morgan fingerprint density at radius 3 is 2.76 bits per heavy atom. The quantitative estimate of drug-likeness (QED) is 0.762. The Morgan fingerprint density at radius 2 is 1.88 bits per heavy atom. The first kappa shape index (κ1) is 15.1. The number of anilines is 1. The molecule has 0 fully saturated rings. The molecule has 7 nitrogen and oxygen atoms in total. The molecule has 2 amide bonds. The third kappa shape index (κ3) is 3.40. The van der Waals surface area contributed by atoms with Crippen molar-refractivity contribution in [2.24, 2.45) is 0 Å². The van der Waals surface area contributed by atoms with Gasteiger partial charge >= 0.3 is 6.03 Å². The molecule has 126 valence electrons. The number of carbonyl (C=O) groups excluding carboxylic acids is 1. The lowest BCUT2D eigenvalue weighted by Gasteiger charge is -2.06. The minimum Gasteiger partial charge on any atom is -0.454 e. The zero-order valence-corrected chi connectivity index (χ0v) is 13.2. The maximum absolute atomic E-state index is 12.0. The van der Waals surface area contributed by atoms with Crippen LogP contribution in [0.4, 0.5) is 10.5 Å². The molecule has 0 aliphatic carbocycles. The van der Waals surface area contributed by atoms with E-state index < -0.39 is 0 Å². The summed E-state index contributed by atoms with van der Waals surface area (Å²) >= 11 is 0. The standard InChI is InChI=1S/C18H15N3O4/c22-18(20-13-6-7-15-17(8-13)24-11-23-15)19-10-14-9-16(25-21-14)12-4-2-1-3-5-12/h1-9H,10-11H2,(H2,19,20,22). The topological polar surface area (TPSA) is 85.6 Å². The van der Waals surface area contributed by atoms with Crippen molar-refractivity contribution < 1.29 is 18.8 Å². The highest BCUT2D eigenvalue weighted by Crippen LogP contribution is 2.34. The fourth-order valence-electron chi connectivity index (χ4n) is 2.45. The van der Waals surface area contributed by atoms with Gasteiger partial charge in [-0.25, -0.2) is 4.79 Å². The van der Waals surface area contributed by atoms with Crippen LogP contribution in [0.1, 0.15) is 5.69 Å². The predicted molar refractivity (Wildman–Crippen MR) is 90.4 cm³/mol. The zero-order valence-electron chi connectivity index (χ0n) is 13.2. The third-order valence-electron chi connectivity index (χ3n) is 3.68. The summed E-state index contributed by atoms with van der Waals surface area (Å²) in [5.74, 6) is 1.94. The van der Waals surface area contributed by atoms with Crippen LogP contribution in [-0.4, -0.2) is 18.0 Å². The van der Waals surface area contributed by atoms with E-state index in [2.05, 4.69) is 15.8 Å². The molecule has 0 bridgehead atoms. The summed E-state index contributed by atoms with van der Waals surface area (Å²) in [5.41, 5.74) is 2.19. The first-order valence-corrected chi connectivity index (χ1v) is 7.73. The number of amides is 2. The highest BCUT2D eigenvalue weighted by atomic mass is 16.7. The molecular weight excluding hydrogens is 322 g/mol. The zero-order chi connectivity index (χ0) is 17.1. The largest absolute Gasteiger partial charge is 0.454 e. The Kier molecular flexibility index (Phi) is 3.96. The van der Waals surface area contributed by atoms with E-state index in [0.717, 1.165) is 5.56 Å². The van der Waals surface area contributed by atoms with Crippen molar-refractivity contribution in [2.75, 3.05) is 12.1 Å². The number of rotatable bonds is 4. The number of nitrogens with one attached hydrogen (secondary N) is 2.